The highest BCUT2D eigenvalue weighted by Gasteiger charge is 2.15. The van der Waals surface area contributed by atoms with E-state index in [-0.39, 0.29) is 0 Å². The van der Waals surface area contributed by atoms with Gasteiger partial charge in [-0.2, -0.15) is 0 Å². The maximum absolute atomic E-state index is 5.10. The Balaban J connectivity index is 1.16. The molecule has 0 amide bonds. The van der Waals surface area contributed by atoms with Crippen LogP contribution in [-0.4, -0.2) is 19.9 Å². The molecular weight excluding hydrogens is 585 g/mol. The highest BCUT2D eigenvalue weighted by molar-refractivity contribution is 5.98. The van der Waals surface area contributed by atoms with E-state index in [9.17, 15) is 0 Å². The molecule has 9 aromatic rings. The fourth-order valence-electron chi connectivity index (χ4n) is 6.40. The molecule has 224 valence electrons. The normalized spacial score (nSPS) is 11.3. The number of fused-ring (bicyclic) bond motifs is 3. The van der Waals surface area contributed by atoms with Crippen LogP contribution in [0.3, 0.4) is 0 Å². The molecule has 0 aliphatic rings. The summed E-state index contributed by atoms with van der Waals surface area (Å²) in [6, 6.07) is 56.9. The van der Waals surface area contributed by atoms with Gasteiger partial charge in [0.1, 0.15) is 0 Å². The molecule has 0 bridgehead atoms. The number of rotatable bonds is 5. The molecule has 0 radical (unpaired) electrons. The van der Waals surface area contributed by atoms with Crippen LogP contribution in [0.5, 0.6) is 0 Å². The molecule has 2 heterocycles. The zero-order chi connectivity index (χ0) is 31.9. The number of benzene rings is 7. The van der Waals surface area contributed by atoms with Crippen LogP contribution in [-0.2, 0) is 0 Å². The van der Waals surface area contributed by atoms with Crippen LogP contribution in [0.2, 0.25) is 0 Å². The minimum atomic E-state index is 0.635. The fraction of sp³-hybridized carbons (Fsp3) is 0. The van der Waals surface area contributed by atoms with Crippen LogP contribution >= 0.6 is 0 Å². The minimum Gasteiger partial charge on any atom is -0.256 e. The van der Waals surface area contributed by atoms with Gasteiger partial charge < -0.3 is 0 Å². The summed E-state index contributed by atoms with van der Waals surface area (Å²) in [6.07, 6.45) is 1.95. The lowest BCUT2D eigenvalue weighted by Crippen LogP contribution is -2.00. The van der Waals surface area contributed by atoms with Crippen LogP contribution in [0.15, 0.2) is 170 Å². The van der Waals surface area contributed by atoms with E-state index >= 15 is 0 Å². The van der Waals surface area contributed by atoms with Crippen LogP contribution in [0, 0.1) is 0 Å². The van der Waals surface area contributed by atoms with Crippen molar-refractivity contribution in [2.75, 3.05) is 0 Å². The van der Waals surface area contributed by atoms with Gasteiger partial charge in [-0.15, -0.1) is 0 Å². The lowest BCUT2D eigenvalue weighted by atomic mass is 9.98. The Morgan fingerprint density at radius 2 is 0.875 bits per heavy atom. The molecule has 2 aromatic heterocycles. The second-order valence-electron chi connectivity index (χ2n) is 12.0. The lowest BCUT2D eigenvalue weighted by molar-refractivity contribution is 1.08. The third-order valence-corrected chi connectivity index (χ3v) is 8.94. The minimum absolute atomic E-state index is 0.635. The van der Waals surface area contributed by atoms with Crippen LogP contribution in [0.25, 0.3) is 88.9 Å². The van der Waals surface area contributed by atoms with Gasteiger partial charge in [-0.25, -0.2) is 15.0 Å². The van der Waals surface area contributed by atoms with Gasteiger partial charge in [-0.1, -0.05) is 140 Å². The number of nitrogens with zero attached hydrogens (tertiary/aromatic N) is 4. The first-order valence-corrected chi connectivity index (χ1v) is 16.0. The molecule has 0 spiro atoms. The van der Waals surface area contributed by atoms with Gasteiger partial charge in [0.25, 0.3) is 0 Å². The zero-order valence-electron chi connectivity index (χ0n) is 26.0. The molecule has 0 saturated heterocycles. The number of hydrogen-bond acceptors (Lipinski definition) is 4. The second kappa shape index (κ2) is 11.7. The Labute approximate surface area is 278 Å². The van der Waals surface area contributed by atoms with Gasteiger partial charge in [0.15, 0.2) is 17.5 Å². The van der Waals surface area contributed by atoms with Gasteiger partial charge in [-0.05, 0) is 62.5 Å². The van der Waals surface area contributed by atoms with Crippen molar-refractivity contribution in [3.8, 4) is 56.4 Å². The molecule has 9 rings (SSSR count). The Morgan fingerprint density at radius 3 is 1.69 bits per heavy atom. The Kier molecular flexibility index (Phi) is 6.76. The molecule has 0 unspecified atom stereocenters. The van der Waals surface area contributed by atoms with Crippen molar-refractivity contribution in [2.45, 2.75) is 0 Å². The first-order valence-electron chi connectivity index (χ1n) is 16.0. The van der Waals surface area contributed by atoms with Gasteiger partial charge in [0.05, 0.1) is 5.52 Å². The van der Waals surface area contributed by atoms with Crippen LogP contribution in [0.4, 0.5) is 0 Å². The molecule has 0 aliphatic heterocycles. The van der Waals surface area contributed by atoms with Crippen molar-refractivity contribution >= 4 is 32.4 Å². The first kappa shape index (κ1) is 27.8. The van der Waals surface area contributed by atoms with Gasteiger partial charge in [0.2, 0.25) is 0 Å². The SMILES string of the molecule is c1ccc(-c2nc(-c3ccc(-c4ccc5ccccc5c4)cc3)nc(-c3cccc4ccc(-c5cnc6ccccc6c5)cc34)n2)cc1. The zero-order valence-corrected chi connectivity index (χ0v) is 26.0. The van der Waals surface area contributed by atoms with E-state index in [2.05, 4.69) is 115 Å². The molecule has 0 fully saturated rings. The largest absolute Gasteiger partial charge is 0.256 e. The maximum Gasteiger partial charge on any atom is 0.164 e. The molecule has 0 aliphatic carbocycles. The third kappa shape index (κ3) is 5.16. The Morgan fingerprint density at radius 1 is 0.312 bits per heavy atom. The van der Waals surface area contributed by atoms with Crippen molar-refractivity contribution < 1.29 is 0 Å². The average molecular weight is 613 g/mol. The molecule has 0 atom stereocenters. The van der Waals surface area contributed by atoms with E-state index in [1.807, 2.05) is 54.7 Å². The van der Waals surface area contributed by atoms with Crippen LogP contribution < -0.4 is 0 Å². The predicted octanol–water partition coefficient (Wildman–Crippen LogP) is 11.1. The Hall–Kier alpha value is -6.52. The second-order valence-corrected chi connectivity index (χ2v) is 12.0. The van der Waals surface area contributed by atoms with E-state index < -0.39 is 0 Å². The summed E-state index contributed by atoms with van der Waals surface area (Å²) in [5.41, 5.74) is 8.30. The maximum atomic E-state index is 5.10. The van der Waals surface area contributed by atoms with Gasteiger partial charge >= 0.3 is 0 Å². The number of pyridine rings is 1. The molecular formula is C44H28N4. The fourth-order valence-corrected chi connectivity index (χ4v) is 6.40. The lowest BCUT2D eigenvalue weighted by Gasteiger charge is -2.12. The average Bonchev–Trinajstić information content (AvgIpc) is 3.17. The highest BCUT2D eigenvalue weighted by atomic mass is 15.0. The smallest absolute Gasteiger partial charge is 0.164 e. The number of hydrogen-bond donors (Lipinski definition) is 0. The third-order valence-electron chi connectivity index (χ3n) is 8.94. The molecule has 4 nitrogen and oxygen atoms in total. The van der Waals surface area contributed by atoms with E-state index in [1.165, 1.54) is 16.3 Å². The van der Waals surface area contributed by atoms with Crippen LogP contribution in [0.1, 0.15) is 0 Å². The van der Waals surface area contributed by atoms with Gasteiger partial charge in [-0.3, -0.25) is 4.98 Å². The summed E-state index contributed by atoms with van der Waals surface area (Å²) < 4.78 is 0. The molecule has 48 heavy (non-hydrogen) atoms. The monoisotopic (exact) mass is 612 g/mol. The van der Waals surface area contributed by atoms with Crippen molar-refractivity contribution in [1.82, 2.24) is 19.9 Å². The highest BCUT2D eigenvalue weighted by Crippen LogP contribution is 2.34. The van der Waals surface area contributed by atoms with Crippen molar-refractivity contribution in [1.29, 1.82) is 0 Å². The molecule has 7 aromatic carbocycles. The van der Waals surface area contributed by atoms with E-state index in [0.29, 0.717) is 17.5 Å². The first-order chi connectivity index (χ1) is 23.7. The Bertz CT molecular complexity index is 2610. The van der Waals surface area contributed by atoms with Crippen molar-refractivity contribution in [2.24, 2.45) is 0 Å². The van der Waals surface area contributed by atoms with Gasteiger partial charge in [0, 0.05) is 33.8 Å². The van der Waals surface area contributed by atoms with E-state index in [1.54, 1.807) is 0 Å². The number of para-hydroxylation sites is 1. The molecule has 4 heteroatoms. The quantitative estimate of drug-likeness (QED) is 0.194. The molecule has 0 N–H and O–H groups in total. The summed E-state index contributed by atoms with van der Waals surface area (Å²) in [6.45, 7) is 0. The number of aromatic nitrogens is 4. The molecule has 0 saturated carbocycles. The topological polar surface area (TPSA) is 51.6 Å². The summed E-state index contributed by atoms with van der Waals surface area (Å²) >= 11 is 0. The predicted molar refractivity (Wildman–Crippen MR) is 197 cm³/mol. The van der Waals surface area contributed by atoms with E-state index in [4.69, 9.17) is 19.9 Å². The summed E-state index contributed by atoms with van der Waals surface area (Å²) in [4.78, 5) is 19.9. The summed E-state index contributed by atoms with van der Waals surface area (Å²) in [5.74, 6) is 1.91. The van der Waals surface area contributed by atoms with Crippen molar-refractivity contribution in [3.63, 3.8) is 0 Å². The standard InChI is InChI=1S/C44H28N4/c1-2-10-32(11-3-1)42-46-43(33-21-17-30(18-22-33)35-23-19-29-9-4-5-12-34(29)25-35)48-44(47-42)39-15-8-14-31-20-24-36(27-40(31)39)38-26-37-13-6-7-16-41(37)45-28-38/h1-28H. The van der Waals surface area contributed by atoms with Crippen molar-refractivity contribution in [3.05, 3.63) is 170 Å². The summed E-state index contributed by atoms with van der Waals surface area (Å²) in [5, 5.41) is 5.77. The summed E-state index contributed by atoms with van der Waals surface area (Å²) in [7, 11) is 0. The van der Waals surface area contributed by atoms with E-state index in [0.717, 1.165) is 55.1 Å².